The Kier molecular flexibility index (Phi) is 10.0. The van der Waals surface area contributed by atoms with Crippen LogP contribution in [0.3, 0.4) is 0 Å². The van der Waals surface area contributed by atoms with Crippen molar-refractivity contribution in [3.05, 3.63) is 41.5 Å². The molecule has 0 heterocycles. The first-order valence-electron chi connectivity index (χ1n) is 11.7. The number of hydrogen-bond acceptors (Lipinski definition) is 15. The van der Waals surface area contributed by atoms with E-state index in [2.05, 4.69) is 19.7 Å². The van der Waals surface area contributed by atoms with Crippen molar-refractivity contribution >= 4 is 78.4 Å². The number of phenols is 1. The molecule has 0 atom stereocenters. The topological polar surface area (TPSA) is 318 Å². The number of rotatable bonds is 12. The van der Waals surface area contributed by atoms with Crippen LogP contribution in [-0.2, 0) is 54.8 Å². The molecule has 0 aliphatic carbocycles. The van der Waals surface area contributed by atoms with Crippen LogP contribution < -0.4 is 5.32 Å². The molecule has 0 bridgehead atoms. The highest BCUT2D eigenvalue weighted by Crippen LogP contribution is 2.43. The van der Waals surface area contributed by atoms with Crippen molar-refractivity contribution in [3.8, 4) is 5.75 Å². The molecule has 0 saturated heterocycles. The third kappa shape index (κ3) is 8.90. The molecule has 6 N–H and O–H groups in total. The number of anilines is 1. The Balaban J connectivity index is 2.39. The van der Waals surface area contributed by atoms with E-state index in [0.717, 1.165) is 0 Å². The lowest BCUT2D eigenvalue weighted by molar-refractivity contribution is 0.283. The van der Waals surface area contributed by atoms with Crippen molar-refractivity contribution < 1.29 is 69.6 Å². The largest absolute Gasteiger partial charge is 0.507 e. The highest BCUT2D eigenvalue weighted by molar-refractivity contribution is 7.93. The molecule has 248 valence electrons. The van der Waals surface area contributed by atoms with Crippen molar-refractivity contribution in [2.24, 2.45) is 10.2 Å². The highest BCUT2D eigenvalue weighted by Gasteiger charge is 2.31. The standard InChI is InChI=1S/C21H23N3O16S5/c1-11-7-13-3-4-14(22-10-42(28,29)30)20(19(13)21(25)12(11)2)24-23-15-8-17(41(26,27)6-5-40-45(37,38)39)18(44(34,35)36)9-16(15)43(31,32)33/h3-4,7-9,22,25H,5-6,10H2,1-2H3,(H,28,29,30)(H,31,32,33)(H,34,35,36)(H,37,38,39). The predicted octanol–water partition coefficient (Wildman–Crippen LogP) is 1.92. The maximum Gasteiger partial charge on any atom is 0.397 e. The molecular weight excluding hydrogens is 711 g/mol. The third-order valence-electron chi connectivity index (χ3n) is 5.97. The number of phenolic OH excluding ortho intramolecular Hbond substituents is 1. The molecule has 0 saturated carbocycles. The summed E-state index contributed by atoms with van der Waals surface area (Å²) in [5.41, 5.74) is -0.769. The Labute approximate surface area is 256 Å². The van der Waals surface area contributed by atoms with Gasteiger partial charge in [-0.25, -0.2) is 12.6 Å². The first-order chi connectivity index (χ1) is 20.3. The van der Waals surface area contributed by atoms with Crippen LogP contribution in [0.15, 0.2) is 55.2 Å². The SMILES string of the molecule is Cc1cc2ccc(NCS(=O)(=O)O)c(N=Nc3cc(S(=O)(=O)CCOS(=O)(=O)O)c(S(=O)(=O)O)cc3S(=O)(=O)O)c2c(O)c1C. The summed E-state index contributed by atoms with van der Waals surface area (Å²) in [5.74, 6) is -2.83. The molecule has 0 spiro atoms. The molecule has 0 radical (unpaired) electrons. The lowest BCUT2D eigenvalue weighted by atomic mass is 9.99. The summed E-state index contributed by atoms with van der Waals surface area (Å²) in [6, 6.07) is 4.52. The van der Waals surface area contributed by atoms with Crippen molar-refractivity contribution in [1.29, 1.82) is 0 Å². The van der Waals surface area contributed by atoms with Gasteiger partial charge in [-0.1, -0.05) is 12.1 Å². The fourth-order valence-corrected chi connectivity index (χ4v) is 7.73. The summed E-state index contributed by atoms with van der Waals surface area (Å²) < 4.78 is 160. The summed E-state index contributed by atoms with van der Waals surface area (Å²) in [6.45, 7) is 1.90. The summed E-state index contributed by atoms with van der Waals surface area (Å²) >= 11 is 0. The molecule has 3 rings (SSSR count). The molecular formula is C21H23N3O16S5. The Hall–Kier alpha value is -3.33. The van der Waals surface area contributed by atoms with Gasteiger partial charge in [-0.15, -0.1) is 10.2 Å². The Morgan fingerprint density at radius 1 is 0.778 bits per heavy atom. The molecule has 45 heavy (non-hydrogen) atoms. The Morgan fingerprint density at radius 2 is 1.38 bits per heavy atom. The van der Waals surface area contributed by atoms with Crippen LogP contribution in [0, 0.1) is 13.8 Å². The van der Waals surface area contributed by atoms with E-state index in [4.69, 9.17) is 4.55 Å². The Morgan fingerprint density at radius 3 is 1.91 bits per heavy atom. The van der Waals surface area contributed by atoms with Gasteiger partial charge < -0.3 is 10.4 Å². The van der Waals surface area contributed by atoms with Crippen LogP contribution in [0.4, 0.5) is 17.1 Å². The third-order valence-corrected chi connectivity index (χ3v) is 10.6. The average molecular weight is 734 g/mol. The van der Waals surface area contributed by atoms with Gasteiger partial charge in [-0.3, -0.25) is 18.2 Å². The van der Waals surface area contributed by atoms with Gasteiger partial charge in [0.25, 0.3) is 30.4 Å². The van der Waals surface area contributed by atoms with Crippen LogP contribution in [-0.4, -0.2) is 83.6 Å². The van der Waals surface area contributed by atoms with Crippen LogP contribution in [0.1, 0.15) is 11.1 Å². The fourth-order valence-electron chi connectivity index (χ4n) is 3.83. The normalized spacial score (nSPS) is 13.5. The number of sulfone groups is 1. The molecule has 0 aliphatic rings. The van der Waals surface area contributed by atoms with Crippen molar-refractivity contribution in [2.75, 3.05) is 23.6 Å². The first kappa shape index (κ1) is 36.1. The van der Waals surface area contributed by atoms with E-state index < -0.39 is 101 Å². The zero-order valence-electron chi connectivity index (χ0n) is 22.7. The summed E-state index contributed by atoms with van der Waals surface area (Å²) in [4.78, 5) is -4.33. The van der Waals surface area contributed by atoms with E-state index in [1.807, 2.05) is 0 Å². The van der Waals surface area contributed by atoms with Crippen molar-refractivity contribution in [2.45, 2.75) is 28.5 Å². The lowest BCUT2D eigenvalue weighted by Crippen LogP contribution is -2.18. The van der Waals surface area contributed by atoms with Gasteiger partial charge in [0.1, 0.15) is 32.8 Å². The van der Waals surface area contributed by atoms with Crippen LogP contribution in [0.25, 0.3) is 10.8 Å². The van der Waals surface area contributed by atoms with E-state index in [9.17, 15) is 60.9 Å². The molecule has 24 heteroatoms. The number of nitrogens with zero attached hydrogens (tertiary/aromatic N) is 2. The van der Waals surface area contributed by atoms with Gasteiger partial charge in [-0.05, 0) is 48.6 Å². The number of hydrogen-bond donors (Lipinski definition) is 6. The van der Waals surface area contributed by atoms with Gasteiger partial charge in [0.15, 0.2) is 9.84 Å². The van der Waals surface area contributed by atoms with E-state index >= 15 is 0 Å². The number of aromatic hydroxyl groups is 1. The molecule has 3 aromatic carbocycles. The second-order valence-corrected chi connectivity index (χ2v) is 16.5. The van der Waals surface area contributed by atoms with Crippen molar-refractivity contribution in [3.63, 3.8) is 0 Å². The number of aryl methyl sites for hydroxylation is 1. The van der Waals surface area contributed by atoms with Crippen LogP contribution in [0.5, 0.6) is 5.75 Å². The van der Waals surface area contributed by atoms with E-state index in [1.54, 1.807) is 13.0 Å². The molecule has 3 aromatic rings. The molecule has 0 amide bonds. The van der Waals surface area contributed by atoms with E-state index in [-0.39, 0.29) is 23.2 Å². The molecule has 0 aromatic heterocycles. The molecule has 19 nitrogen and oxygen atoms in total. The van der Waals surface area contributed by atoms with Crippen LogP contribution in [0.2, 0.25) is 0 Å². The van der Waals surface area contributed by atoms with Gasteiger partial charge in [0.2, 0.25) is 0 Å². The number of azo groups is 1. The fraction of sp³-hybridized carbons (Fsp3) is 0.238. The lowest BCUT2D eigenvalue weighted by Gasteiger charge is -2.15. The minimum Gasteiger partial charge on any atom is -0.507 e. The average Bonchev–Trinajstić information content (AvgIpc) is 2.86. The van der Waals surface area contributed by atoms with Crippen LogP contribution >= 0.6 is 0 Å². The van der Waals surface area contributed by atoms with Crippen molar-refractivity contribution in [1.82, 2.24) is 0 Å². The van der Waals surface area contributed by atoms with Gasteiger partial charge in [-0.2, -0.15) is 33.7 Å². The maximum absolute atomic E-state index is 13.0. The summed E-state index contributed by atoms with van der Waals surface area (Å²) in [7, 11) is -25.8. The monoisotopic (exact) mass is 733 g/mol. The van der Waals surface area contributed by atoms with E-state index in [1.165, 1.54) is 19.1 Å². The molecule has 0 fully saturated rings. The smallest absolute Gasteiger partial charge is 0.397 e. The summed E-state index contributed by atoms with van der Waals surface area (Å²) in [6.07, 6.45) is 0. The number of nitrogens with one attached hydrogen (secondary N) is 1. The number of fused-ring (bicyclic) bond motifs is 1. The van der Waals surface area contributed by atoms with Gasteiger partial charge in [0, 0.05) is 0 Å². The minimum atomic E-state index is -5.57. The second-order valence-electron chi connectivity index (χ2n) is 9.12. The molecule has 0 unspecified atom stereocenters. The predicted molar refractivity (Wildman–Crippen MR) is 155 cm³/mol. The quantitative estimate of drug-likeness (QED) is 0.114. The maximum atomic E-state index is 13.0. The van der Waals surface area contributed by atoms with E-state index in [0.29, 0.717) is 16.5 Å². The first-order valence-corrected chi connectivity index (χ1v) is 19.2. The van der Waals surface area contributed by atoms with Gasteiger partial charge in [0.05, 0.1) is 28.3 Å². The zero-order valence-corrected chi connectivity index (χ0v) is 26.8. The zero-order chi connectivity index (χ0) is 34.3. The summed E-state index contributed by atoms with van der Waals surface area (Å²) in [5, 5.41) is 20.9. The Bertz CT molecular complexity index is 2280. The highest BCUT2D eigenvalue weighted by atomic mass is 32.3. The minimum absolute atomic E-state index is 0.0289. The molecule has 0 aliphatic heterocycles. The number of benzene rings is 3. The second kappa shape index (κ2) is 12.5. The van der Waals surface area contributed by atoms with Gasteiger partial charge >= 0.3 is 10.4 Å².